The van der Waals surface area contributed by atoms with E-state index < -0.39 is 0 Å². The van der Waals surface area contributed by atoms with Crippen molar-refractivity contribution >= 4 is 16.9 Å². The van der Waals surface area contributed by atoms with E-state index in [2.05, 4.69) is 15.3 Å². The van der Waals surface area contributed by atoms with E-state index in [4.69, 9.17) is 4.74 Å². The Hall–Kier alpha value is -1.68. The highest BCUT2D eigenvalue weighted by molar-refractivity contribution is 5.75. The van der Waals surface area contributed by atoms with Crippen LogP contribution in [0.3, 0.4) is 0 Å². The van der Waals surface area contributed by atoms with Crippen LogP contribution in [-0.4, -0.2) is 29.7 Å². The second kappa shape index (κ2) is 5.31. The van der Waals surface area contributed by atoms with Gasteiger partial charge in [0.15, 0.2) is 0 Å². The molecule has 1 heterocycles. The van der Waals surface area contributed by atoms with Gasteiger partial charge in [0.05, 0.1) is 23.8 Å². The van der Waals surface area contributed by atoms with Gasteiger partial charge in [-0.2, -0.15) is 0 Å². The van der Waals surface area contributed by atoms with Crippen LogP contribution in [-0.2, 0) is 4.74 Å². The first-order valence-electron chi connectivity index (χ1n) is 6.45. The van der Waals surface area contributed by atoms with Crippen LogP contribution in [0.25, 0.3) is 11.0 Å². The monoisotopic (exact) mass is 243 g/mol. The van der Waals surface area contributed by atoms with Crippen molar-refractivity contribution in [1.29, 1.82) is 0 Å². The summed E-state index contributed by atoms with van der Waals surface area (Å²) in [6.45, 7) is 2.41. The first-order chi connectivity index (χ1) is 8.92. The third-order valence-corrected chi connectivity index (χ3v) is 3.05. The topological polar surface area (TPSA) is 47.0 Å². The number of nitrogens with one attached hydrogen (secondary N) is 1. The normalized spacial score (nSPS) is 14.9. The lowest BCUT2D eigenvalue weighted by molar-refractivity contribution is 0.134. The molecule has 4 heteroatoms. The highest BCUT2D eigenvalue weighted by Gasteiger charge is 2.20. The first-order valence-corrected chi connectivity index (χ1v) is 6.45. The fourth-order valence-electron chi connectivity index (χ4n) is 1.83. The summed E-state index contributed by atoms with van der Waals surface area (Å²) >= 11 is 0. The van der Waals surface area contributed by atoms with Crippen molar-refractivity contribution in [2.24, 2.45) is 5.92 Å². The summed E-state index contributed by atoms with van der Waals surface area (Å²) in [6.07, 6.45) is 4.44. The second-order valence-corrected chi connectivity index (χ2v) is 4.69. The third kappa shape index (κ3) is 2.96. The van der Waals surface area contributed by atoms with Gasteiger partial charge in [0.2, 0.25) is 0 Å². The fraction of sp³-hybridized carbons (Fsp3) is 0.429. The number of nitrogens with zero attached hydrogens (tertiary/aromatic N) is 2. The molecule has 0 atom stereocenters. The van der Waals surface area contributed by atoms with Crippen molar-refractivity contribution in [2.75, 3.05) is 25.1 Å². The Bertz CT molecular complexity index is 525. The Labute approximate surface area is 106 Å². The summed E-state index contributed by atoms with van der Waals surface area (Å²) in [5.74, 6) is 1.63. The number of hydrogen-bond acceptors (Lipinski definition) is 4. The number of benzene rings is 1. The number of ether oxygens (including phenoxy) is 1. The van der Waals surface area contributed by atoms with E-state index in [1.165, 1.54) is 12.8 Å². The smallest absolute Gasteiger partial charge is 0.145 e. The molecule has 94 valence electrons. The lowest BCUT2D eigenvalue weighted by Crippen LogP contribution is -2.11. The van der Waals surface area contributed by atoms with Gasteiger partial charge in [0.1, 0.15) is 5.82 Å². The van der Waals surface area contributed by atoms with Crippen molar-refractivity contribution < 1.29 is 4.74 Å². The van der Waals surface area contributed by atoms with Gasteiger partial charge in [-0.05, 0) is 30.9 Å². The minimum atomic E-state index is 0.727. The molecule has 1 aliphatic rings. The molecule has 0 aliphatic heterocycles. The largest absolute Gasteiger partial charge is 0.379 e. The highest BCUT2D eigenvalue weighted by Crippen LogP contribution is 2.28. The molecule has 1 fully saturated rings. The molecular formula is C14H17N3O. The Morgan fingerprint density at radius 2 is 2.06 bits per heavy atom. The molecule has 1 aliphatic carbocycles. The van der Waals surface area contributed by atoms with Crippen LogP contribution in [0.15, 0.2) is 30.5 Å². The average Bonchev–Trinajstić information content (AvgIpc) is 3.22. The summed E-state index contributed by atoms with van der Waals surface area (Å²) in [4.78, 5) is 8.84. The van der Waals surface area contributed by atoms with E-state index in [-0.39, 0.29) is 0 Å². The number of anilines is 1. The number of para-hydroxylation sites is 2. The maximum atomic E-state index is 5.56. The van der Waals surface area contributed by atoms with Gasteiger partial charge in [-0.25, -0.2) is 4.98 Å². The molecule has 0 spiro atoms. The molecule has 2 aromatic rings. The maximum Gasteiger partial charge on any atom is 0.145 e. The predicted octanol–water partition coefficient (Wildman–Crippen LogP) is 2.47. The van der Waals surface area contributed by atoms with Gasteiger partial charge in [-0.3, -0.25) is 4.98 Å². The van der Waals surface area contributed by atoms with Crippen LogP contribution in [0.2, 0.25) is 0 Å². The zero-order valence-corrected chi connectivity index (χ0v) is 10.3. The van der Waals surface area contributed by atoms with Gasteiger partial charge in [-0.1, -0.05) is 12.1 Å². The molecule has 0 bridgehead atoms. The van der Waals surface area contributed by atoms with Crippen molar-refractivity contribution in [3.8, 4) is 0 Å². The quantitative estimate of drug-likeness (QED) is 0.792. The van der Waals surface area contributed by atoms with Crippen molar-refractivity contribution in [2.45, 2.75) is 12.8 Å². The Morgan fingerprint density at radius 1 is 1.22 bits per heavy atom. The minimum Gasteiger partial charge on any atom is -0.379 e. The SMILES string of the molecule is c1ccc2nc(NCCOCC3CC3)cnc2c1. The molecule has 18 heavy (non-hydrogen) atoms. The van der Waals surface area contributed by atoms with E-state index in [1.54, 1.807) is 6.20 Å². The van der Waals surface area contributed by atoms with E-state index in [9.17, 15) is 0 Å². The number of rotatable bonds is 6. The molecule has 0 amide bonds. The lowest BCUT2D eigenvalue weighted by Gasteiger charge is -2.06. The summed E-state index contributed by atoms with van der Waals surface area (Å²) < 4.78 is 5.56. The van der Waals surface area contributed by atoms with Crippen LogP contribution in [0, 0.1) is 5.92 Å². The van der Waals surface area contributed by atoms with Gasteiger partial charge >= 0.3 is 0 Å². The standard InChI is InChI=1S/C14H17N3O/c1-2-4-13-12(3-1)16-9-14(17-13)15-7-8-18-10-11-5-6-11/h1-4,9,11H,5-8,10H2,(H,15,17). The summed E-state index contributed by atoms with van der Waals surface area (Å²) in [5, 5.41) is 3.23. The Morgan fingerprint density at radius 3 is 2.89 bits per heavy atom. The van der Waals surface area contributed by atoms with Crippen molar-refractivity contribution in [3.05, 3.63) is 30.5 Å². The number of hydrogen-bond donors (Lipinski definition) is 1. The van der Waals surface area contributed by atoms with Crippen molar-refractivity contribution in [1.82, 2.24) is 9.97 Å². The number of fused-ring (bicyclic) bond motifs is 1. The van der Waals surface area contributed by atoms with E-state index in [0.29, 0.717) is 0 Å². The van der Waals surface area contributed by atoms with Crippen LogP contribution in [0.4, 0.5) is 5.82 Å². The van der Waals surface area contributed by atoms with E-state index >= 15 is 0 Å². The molecule has 0 unspecified atom stereocenters. The minimum absolute atomic E-state index is 0.727. The molecule has 1 N–H and O–H groups in total. The summed E-state index contributed by atoms with van der Waals surface area (Å²) in [6, 6.07) is 7.87. The zero-order valence-electron chi connectivity index (χ0n) is 10.3. The molecular weight excluding hydrogens is 226 g/mol. The number of aromatic nitrogens is 2. The third-order valence-electron chi connectivity index (χ3n) is 3.05. The zero-order chi connectivity index (χ0) is 12.2. The molecule has 3 rings (SSSR count). The molecule has 1 saturated carbocycles. The summed E-state index contributed by atoms with van der Waals surface area (Å²) in [5.41, 5.74) is 1.84. The van der Waals surface area contributed by atoms with Crippen LogP contribution in [0.1, 0.15) is 12.8 Å². The first kappa shape index (κ1) is 11.4. The fourth-order valence-corrected chi connectivity index (χ4v) is 1.83. The van der Waals surface area contributed by atoms with Gasteiger partial charge < -0.3 is 10.1 Å². The van der Waals surface area contributed by atoms with Gasteiger partial charge in [0, 0.05) is 13.2 Å². The molecule has 4 nitrogen and oxygen atoms in total. The van der Waals surface area contributed by atoms with E-state index in [0.717, 1.165) is 42.5 Å². The molecule has 0 saturated heterocycles. The molecule has 1 aromatic carbocycles. The lowest BCUT2D eigenvalue weighted by atomic mass is 10.3. The van der Waals surface area contributed by atoms with Crippen LogP contribution in [0.5, 0.6) is 0 Å². The van der Waals surface area contributed by atoms with Crippen molar-refractivity contribution in [3.63, 3.8) is 0 Å². The summed E-state index contributed by atoms with van der Waals surface area (Å²) in [7, 11) is 0. The van der Waals surface area contributed by atoms with E-state index in [1.807, 2.05) is 24.3 Å². The Balaban J connectivity index is 1.50. The average molecular weight is 243 g/mol. The highest BCUT2D eigenvalue weighted by atomic mass is 16.5. The maximum absolute atomic E-state index is 5.56. The predicted molar refractivity (Wildman–Crippen MR) is 71.6 cm³/mol. The van der Waals surface area contributed by atoms with Crippen LogP contribution < -0.4 is 5.32 Å². The molecule has 1 aromatic heterocycles. The second-order valence-electron chi connectivity index (χ2n) is 4.69. The Kier molecular flexibility index (Phi) is 3.37. The van der Waals surface area contributed by atoms with Gasteiger partial charge in [-0.15, -0.1) is 0 Å². The molecule has 0 radical (unpaired) electrons. The van der Waals surface area contributed by atoms with Gasteiger partial charge in [0.25, 0.3) is 0 Å². The van der Waals surface area contributed by atoms with Crippen LogP contribution >= 0.6 is 0 Å².